The zero-order chi connectivity index (χ0) is 36.0. The molecule has 3 unspecified atom stereocenters. The minimum atomic E-state index is -2.34. The zero-order valence-corrected chi connectivity index (χ0v) is 30.0. The van der Waals surface area contributed by atoms with Crippen LogP contribution >= 0.6 is 0 Å². The lowest BCUT2D eigenvalue weighted by Gasteiger charge is -2.42. The second-order valence-corrected chi connectivity index (χ2v) is 15.0. The molecule has 0 aromatic heterocycles. The normalized spacial score (nSPS) is 23.3. The number of hydrogen-bond donors (Lipinski definition) is 1. The highest BCUT2D eigenvalue weighted by molar-refractivity contribution is 6.07. The molecule has 1 N–H and O–H groups in total. The van der Waals surface area contributed by atoms with Crippen LogP contribution in [0.4, 0.5) is 14.5 Å². The Balaban J connectivity index is 0.000000731. The Morgan fingerprint density at radius 2 is 1.74 bits per heavy atom. The molecular weight excluding hydrogens is 600 g/mol. The molecule has 1 saturated heterocycles. The van der Waals surface area contributed by atoms with Crippen LogP contribution in [0.3, 0.4) is 0 Å². The molecule has 0 bridgehead atoms. The van der Waals surface area contributed by atoms with Crippen molar-refractivity contribution in [1.82, 2.24) is 4.90 Å². The molecule has 8 nitrogen and oxygen atoms in total. The van der Waals surface area contributed by atoms with E-state index < -0.39 is 29.0 Å². The van der Waals surface area contributed by atoms with Gasteiger partial charge in [0.25, 0.3) is 5.91 Å². The molecular formula is C37H55F2N5O3. The van der Waals surface area contributed by atoms with E-state index in [2.05, 4.69) is 37.5 Å². The summed E-state index contributed by atoms with van der Waals surface area (Å²) >= 11 is 0. The number of β-amino-alcohol motifs (C(OH)–C–C–N with tert-alkyl or cyclic N) is 1. The van der Waals surface area contributed by atoms with Gasteiger partial charge in [-0.3, -0.25) is 29.4 Å². The first-order valence-corrected chi connectivity index (χ1v) is 16.5. The minimum absolute atomic E-state index is 0.0224. The Bertz CT molecular complexity index is 1360. The monoisotopic (exact) mass is 655 g/mol. The van der Waals surface area contributed by atoms with Gasteiger partial charge in [-0.05, 0) is 88.6 Å². The molecule has 260 valence electrons. The second-order valence-electron chi connectivity index (χ2n) is 15.0. The number of carbonyl (C=O) groups excluding carboxylic acids is 2. The Morgan fingerprint density at radius 1 is 1.19 bits per heavy atom. The molecule has 0 spiro atoms. The van der Waals surface area contributed by atoms with E-state index in [0.29, 0.717) is 42.3 Å². The van der Waals surface area contributed by atoms with Crippen LogP contribution in [0.15, 0.2) is 45.6 Å². The topological polar surface area (TPSA) is 109 Å². The predicted octanol–water partition coefficient (Wildman–Crippen LogP) is 7.85. The molecule has 3 atom stereocenters. The van der Waals surface area contributed by atoms with E-state index in [0.717, 1.165) is 5.56 Å². The van der Waals surface area contributed by atoms with Gasteiger partial charge in [0, 0.05) is 31.2 Å². The van der Waals surface area contributed by atoms with Crippen molar-refractivity contribution < 1.29 is 23.5 Å². The average molecular weight is 656 g/mol. The number of aliphatic hydroxyl groups is 1. The van der Waals surface area contributed by atoms with E-state index in [1.54, 1.807) is 27.0 Å². The summed E-state index contributed by atoms with van der Waals surface area (Å²) in [6.07, 6.45) is 5.88. The maximum absolute atomic E-state index is 14.4. The Kier molecular flexibility index (Phi) is 13.2. The fourth-order valence-corrected chi connectivity index (χ4v) is 6.15. The number of nitriles is 1. The van der Waals surface area contributed by atoms with Crippen LogP contribution in [0.2, 0.25) is 0 Å². The average Bonchev–Trinajstić information content (AvgIpc) is 3.29. The molecule has 1 aromatic rings. The van der Waals surface area contributed by atoms with E-state index in [1.807, 2.05) is 51.2 Å². The largest absolute Gasteiger partial charge is 0.388 e. The van der Waals surface area contributed by atoms with Crippen molar-refractivity contribution in [3.8, 4) is 6.19 Å². The van der Waals surface area contributed by atoms with E-state index in [9.17, 15) is 28.7 Å². The highest BCUT2D eigenvalue weighted by atomic mass is 19.3. The van der Waals surface area contributed by atoms with Gasteiger partial charge in [-0.15, -0.1) is 0 Å². The minimum Gasteiger partial charge on any atom is -0.388 e. The molecule has 0 radical (unpaired) electrons. The first kappa shape index (κ1) is 39.7. The Hall–Kier alpha value is -3.45. The molecule has 1 aliphatic carbocycles. The number of anilines is 1. The summed E-state index contributed by atoms with van der Waals surface area (Å²) in [4.78, 5) is 39.6. The number of Topliss-reactive ketones (excluding diaryl/α,β-unsaturated/α-hetero) is 1. The summed E-state index contributed by atoms with van der Waals surface area (Å²) in [6, 6.07) is 6.55. The number of allylic oxidation sites excluding steroid dienone is 1. The lowest BCUT2D eigenvalue weighted by Crippen LogP contribution is -2.60. The van der Waals surface area contributed by atoms with Gasteiger partial charge in [0.05, 0.1) is 23.5 Å². The summed E-state index contributed by atoms with van der Waals surface area (Å²) in [5.74, 6) is -2.42. The lowest BCUT2D eigenvalue weighted by molar-refractivity contribution is -0.128. The standard InChI is InChI=1S/C30H43N5O3.C7H12F2/c1-11-33-24(16-20(2)3)26(32-10)30(9,21(4)36)35(23-14-12-22(13-15-23)28(5,6)7)27(37)25-17-29(8,38)18-34(25)19-31;1-6-2-4-7(8,9)5-3-6/h11-15,20,25,38H,10,16-18H2,1-9H3;6H,2-5H2,1H3/b26-24-,33-11?;. The van der Waals surface area contributed by atoms with Gasteiger partial charge in [0.2, 0.25) is 5.92 Å². The second kappa shape index (κ2) is 15.6. The summed E-state index contributed by atoms with van der Waals surface area (Å²) in [5.41, 5.74) is -0.519. The van der Waals surface area contributed by atoms with Crippen molar-refractivity contribution in [2.45, 2.75) is 136 Å². The number of aliphatic imine (C=N–C) groups is 2. The smallest absolute Gasteiger partial charge is 0.251 e. The molecule has 1 aliphatic heterocycles. The molecule has 1 saturated carbocycles. The van der Waals surface area contributed by atoms with Crippen molar-refractivity contribution in [2.24, 2.45) is 21.8 Å². The van der Waals surface area contributed by atoms with Crippen LogP contribution in [-0.4, -0.2) is 64.3 Å². The fraction of sp³-hybridized carbons (Fsp3) is 0.649. The van der Waals surface area contributed by atoms with Crippen LogP contribution in [0.1, 0.15) is 113 Å². The van der Waals surface area contributed by atoms with Gasteiger partial charge >= 0.3 is 0 Å². The molecule has 1 amide bonds. The lowest BCUT2D eigenvalue weighted by atomic mass is 9.85. The van der Waals surface area contributed by atoms with Crippen LogP contribution < -0.4 is 4.90 Å². The number of rotatable bonds is 9. The van der Waals surface area contributed by atoms with Gasteiger partial charge in [0.15, 0.2) is 12.0 Å². The molecule has 10 heteroatoms. The number of ketones is 1. The van der Waals surface area contributed by atoms with Crippen LogP contribution in [-0.2, 0) is 15.0 Å². The van der Waals surface area contributed by atoms with E-state index in [1.165, 1.54) is 16.7 Å². The number of alkyl halides is 2. The van der Waals surface area contributed by atoms with Crippen molar-refractivity contribution in [2.75, 3.05) is 11.4 Å². The number of benzene rings is 1. The molecule has 2 fully saturated rings. The number of nitrogens with zero attached hydrogens (tertiary/aromatic N) is 5. The summed E-state index contributed by atoms with van der Waals surface area (Å²) in [6.45, 7) is 22.7. The highest BCUT2D eigenvalue weighted by Crippen LogP contribution is 2.39. The molecule has 2 aliphatic rings. The Morgan fingerprint density at radius 3 is 2.15 bits per heavy atom. The van der Waals surface area contributed by atoms with Gasteiger partial charge < -0.3 is 5.11 Å². The zero-order valence-electron chi connectivity index (χ0n) is 30.0. The van der Waals surface area contributed by atoms with Crippen molar-refractivity contribution in [1.29, 1.82) is 5.26 Å². The number of hydrogen-bond acceptors (Lipinski definition) is 7. The van der Waals surface area contributed by atoms with Gasteiger partial charge in [0.1, 0.15) is 11.6 Å². The van der Waals surface area contributed by atoms with Crippen LogP contribution in [0.25, 0.3) is 0 Å². The summed E-state index contributed by atoms with van der Waals surface area (Å²) < 4.78 is 24.8. The third-order valence-corrected chi connectivity index (χ3v) is 9.06. The van der Waals surface area contributed by atoms with Crippen molar-refractivity contribution in [3.05, 3.63) is 41.2 Å². The van der Waals surface area contributed by atoms with Gasteiger partial charge in [-0.25, -0.2) is 8.78 Å². The molecule has 1 aromatic carbocycles. The third kappa shape index (κ3) is 10.0. The van der Waals surface area contributed by atoms with E-state index in [-0.39, 0.29) is 42.9 Å². The van der Waals surface area contributed by atoms with E-state index in [4.69, 9.17) is 0 Å². The predicted molar refractivity (Wildman–Crippen MR) is 186 cm³/mol. The fourth-order valence-electron chi connectivity index (χ4n) is 6.15. The summed E-state index contributed by atoms with van der Waals surface area (Å²) in [7, 11) is 0. The number of likely N-dealkylation sites (tertiary alicyclic amines) is 1. The van der Waals surface area contributed by atoms with Crippen LogP contribution in [0.5, 0.6) is 0 Å². The van der Waals surface area contributed by atoms with Gasteiger partial charge in [-0.1, -0.05) is 53.7 Å². The Labute approximate surface area is 280 Å². The van der Waals surface area contributed by atoms with Crippen LogP contribution in [0, 0.1) is 23.3 Å². The quantitative estimate of drug-likeness (QED) is 0.215. The molecule has 47 heavy (non-hydrogen) atoms. The maximum Gasteiger partial charge on any atom is 0.251 e. The van der Waals surface area contributed by atoms with E-state index >= 15 is 0 Å². The van der Waals surface area contributed by atoms with Crippen molar-refractivity contribution in [3.63, 3.8) is 0 Å². The first-order valence-electron chi connectivity index (χ1n) is 16.5. The SMILES string of the molecule is C=N/C(=C(/CC(C)C)N=CC)C(C)(C(C)=O)N(C(=O)C1CC(C)(O)CN1C#N)c1ccc(C(C)(C)C)cc1.CC1CCC(F)(F)CC1. The first-order chi connectivity index (χ1) is 21.6. The molecule has 3 rings (SSSR count). The highest BCUT2D eigenvalue weighted by Gasteiger charge is 2.51. The third-order valence-electron chi connectivity index (χ3n) is 9.06. The number of halogens is 2. The maximum atomic E-state index is 14.4. The van der Waals surface area contributed by atoms with Crippen molar-refractivity contribution >= 4 is 30.3 Å². The number of carbonyl (C=O) groups is 2. The number of amides is 1. The molecule has 1 heterocycles. The van der Waals surface area contributed by atoms with Gasteiger partial charge in [-0.2, -0.15) is 5.26 Å². The summed E-state index contributed by atoms with van der Waals surface area (Å²) in [5, 5.41) is 20.5.